The van der Waals surface area contributed by atoms with Crippen LogP contribution < -0.4 is 10.1 Å². The molecule has 0 bridgehead atoms. The van der Waals surface area contributed by atoms with Gasteiger partial charge >= 0.3 is 0 Å². The van der Waals surface area contributed by atoms with Crippen molar-refractivity contribution in [2.75, 3.05) is 46.0 Å². The van der Waals surface area contributed by atoms with Crippen molar-refractivity contribution in [3.8, 4) is 5.75 Å². The first-order chi connectivity index (χ1) is 11.2. The van der Waals surface area contributed by atoms with Gasteiger partial charge in [0.15, 0.2) is 0 Å². The van der Waals surface area contributed by atoms with Gasteiger partial charge in [-0.3, -0.25) is 4.90 Å². The highest BCUT2D eigenvalue weighted by Gasteiger charge is 2.40. The average molecular weight is 420 g/mol. The number of nitrogens with zero attached hydrogens (tertiary/aromatic N) is 1. The summed E-state index contributed by atoms with van der Waals surface area (Å²) in [5, 5.41) is 3.53. The van der Waals surface area contributed by atoms with E-state index in [1.165, 1.54) is 44.6 Å². The lowest BCUT2D eigenvalue weighted by atomic mass is 9.86. The van der Waals surface area contributed by atoms with Crippen LogP contribution in [0.3, 0.4) is 0 Å². The van der Waals surface area contributed by atoms with E-state index >= 15 is 0 Å². The number of ether oxygens (including phenoxy) is 2. The highest BCUT2D eigenvalue weighted by atomic mass is 79.9. The van der Waals surface area contributed by atoms with Crippen molar-refractivity contribution in [3.05, 3.63) is 28.2 Å². The molecule has 1 aromatic rings. The zero-order valence-electron chi connectivity index (χ0n) is 14.4. The minimum atomic E-state index is 0. The van der Waals surface area contributed by atoms with Crippen molar-refractivity contribution in [3.63, 3.8) is 0 Å². The van der Waals surface area contributed by atoms with Crippen LogP contribution in [-0.4, -0.2) is 50.9 Å². The molecule has 24 heavy (non-hydrogen) atoms. The zero-order chi connectivity index (χ0) is 16.1. The Hall–Kier alpha value is -0.330. The van der Waals surface area contributed by atoms with Gasteiger partial charge in [0.05, 0.1) is 6.61 Å². The molecule has 1 unspecified atom stereocenters. The average Bonchev–Trinajstić information content (AvgIpc) is 3.16. The summed E-state index contributed by atoms with van der Waals surface area (Å²) in [7, 11) is 0. The van der Waals surface area contributed by atoms with Crippen LogP contribution in [0.5, 0.6) is 5.75 Å². The molecule has 1 aromatic carbocycles. The summed E-state index contributed by atoms with van der Waals surface area (Å²) >= 11 is 3.59. The molecule has 1 spiro atoms. The largest absolute Gasteiger partial charge is 0.491 e. The fraction of sp³-hybridized carbons (Fsp3) is 0.667. The summed E-state index contributed by atoms with van der Waals surface area (Å²) in [4.78, 5) is 2.57. The van der Waals surface area contributed by atoms with Gasteiger partial charge in [-0.2, -0.15) is 0 Å². The molecule has 3 rings (SSSR count). The molecule has 1 N–H and O–H groups in total. The molecule has 0 aromatic heterocycles. The third-order valence-electron chi connectivity index (χ3n) is 4.96. The smallest absolute Gasteiger partial charge is 0.123 e. The standard InChI is InChI=1S/C18H27BrN2O2.ClH/c1-2-22-9-10-23-17-4-3-16(19)11-15(17)12-21-8-6-18(14-21)5-7-20-13-18;/h3-4,11,20H,2,5-10,12-14H2,1H3;1H. The van der Waals surface area contributed by atoms with Gasteiger partial charge in [0, 0.05) is 36.3 Å². The minimum Gasteiger partial charge on any atom is -0.491 e. The van der Waals surface area contributed by atoms with Crippen molar-refractivity contribution < 1.29 is 9.47 Å². The second-order valence-corrected chi connectivity index (χ2v) is 7.60. The Kier molecular flexibility index (Phi) is 7.82. The molecule has 0 radical (unpaired) electrons. The first-order valence-corrected chi connectivity index (χ1v) is 9.42. The molecule has 2 heterocycles. The predicted molar refractivity (Wildman–Crippen MR) is 103 cm³/mol. The first-order valence-electron chi connectivity index (χ1n) is 8.63. The number of hydrogen-bond donors (Lipinski definition) is 1. The second kappa shape index (κ2) is 9.39. The van der Waals surface area contributed by atoms with Gasteiger partial charge in [-0.1, -0.05) is 15.9 Å². The zero-order valence-corrected chi connectivity index (χ0v) is 16.8. The molecule has 2 fully saturated rings. The lowest BCUT2D eigenvalue weighted by Gasteiger charge is -2.23. The lowest BCUT2D eigenvalue weighted by molar-refractivity contribution is 0.109. The molecule has 2 aliphatic heterocycles. The highest BCUT2D eigenvalue weighted by Crippen LogP contribution is 2.37. The quantitative estimate of drug-likeness (QED) is 0.686. The summed E-state index contributed by atoms with van der Waals surface area (Å²) < 4.78 is 12.4. The number of likely N-dealkylation sites (tertiary alicyclic amines) is 1. The highest BCUT2D eigenvalue weighted by molar-refractivity contribution is 9.10. The van der Waals surface area contributed by atoms with Crippen molar-refractivity contribution in [2.45, 2.75) is 26.3 Å². The minimum absolute atomic E-state index is 0. The van der Waals surface area contributed by atoms with Gasteiger partial charge in [-0.05, 0) is 56.5 Å². The second-order valence-electron chi connectivity index (χ2n) is 6.68. The molecule has 4 nitrogen and oxygen atoms in total. The van der Waals surface area contributed by atoms with Crippen LogP contribution in [-0.2, 0) is 11.3 Å². The monoisotopic (exact) mass is 418 g/mol. The molecule has 136 valence electrons. The Morgan fingerprint density at radius 3 is 2.92 bits per heavy atom. The predicted octanol–water partition coefficient (Wildman–Crippen LogP) is 3.47. The van der Waals surface area contributed by atoms with Crippen LogP contribution in [0.4, 0.5) is 0 Å². The molecule has 0 saturated carbocycles. The maximum atomic E-state index is 5.94. The van der Waals surface area contributed by atoms with E-state index < -0.39 is 0 Å². The Morgan fingerprint density at radius 2 is 2.17 bits per heavy atom. The van der Waals surface area contributed by atoms with Crippen LogP contribution in [0, 0.1) is 5.41 Å². The molecule has 1 atom stereocenters. The van der Waals surface area contributed by atoms with Crippen LogP contribution in [0.2, 0.25) is 0 Å². The molecule has 6 heteroatoms. The maximum absolute atomic E-state index is 5.94. The van der Waals surface area contributed by atoms with E-state index in [0.717, 1.165) is 23.4 Å². The van der Waals surface area contributed by atoms with Crippen LogP contribution in [0.1, 0.15) is 25.3 Å². The molecule has 2 saturated heterocycles. The molecule has 0 amide bonds. The maximum Gasteiger partial charge on any atom is 0.123 e. The number of benzene rings is 1. The number of nitrogens with one attached hydrogen (secondary N) is 1. The third kappa shape index (κ3) is 5.09. The van der Waals surface area contributed by atoms with Crippen molar-refractivity contribution in [1.82, 2.24) is 10.2 Å². The van der Waals surface area contributed by atoms with Crippen molar-refractivity contribution in [1.29, 1.82) is 0 Å². The summed E-state index contributed by atoms with van der Waals surface area (Å²) in [6.07, 6.45) is 2.63. The summed E-state index contributed by atoms with van der Waals surface area (Å²) in [6, 6.07) is 6.30. The molecule has 0 aliphatic carbocycles. The van der Waals surface area contributed by atoms with Crippen LogP contribution >= 0.6 is 28.3 Å². The molecule has 2 aliphatic rings. The summed E-state index contributed by atoms with van der Waals surface area (Å²) in [5.41, 5.74) is 1.78. The van der Waals surface area contributed by atoms with Gasteiger partial charge in [0.25, 0.3) is 0 Å². The molecular formula is C18H28BrClN2O2. The Morgan fingerprint density at radius 1 is 1.29 bits per heavy atom. The summed E-state index contributed by atoms with van der Waals surface area (Å²) in [5.74, 6) is 0.985. The lowest BCUT2D eigenvalue weighted by Crippen LogP contribution is -2.29. The number of rotatable bonds is 7. The van der Waals surface area contributed by atoms with E-state index in [1.807, 2.05) is 13.0 Å². The number of halogens is 2. The van der Waals surface area contributed by atoms with Gasteiger partial charge < -0.3 is 14.8 Å². The van der Waals surface area contributed by atoms with Gasteiger partial charge in [0.2, 0.25) is 0 Å². The van der Waals surface area contributed by atoms with Crippen LogP contribution in [0.15, 0.2) is 22.7 Å². The summed E-state index contributed by atoms with van der Waals surface area (Å²) in [6.45, 7) is 9.70. The SMILES string of the molecule is CCOCCOc1ccc(Br)cc1CN1CCC2(CCNC2)C1.Cl. The van der Waals surface area contributed by atoms with Gasteiger partial charge in [-0.15, -0.1) is 12.4 Å². The fourth-order valence-corrected chi connectivity index (χ4v) is 4.12. The van der Waals surface area contributed by atoms with E-state index in [1.54, 1.807) is 0 Å². The fourth-order valence-electron chi connectivity index (χ4n) is 3.71. The van der Waals surface area contributed by atoms with Crippen LogP contribution in [0.25, 0.3) is 0 Å². The Bertz CT molecular complexity index is 524. The van der Waals surface area contributed by atoms with Crippen molar-refractivity contribution >= 4 is 28.3 Å². The Balaban J connectivity index is 0.00000208. The van der Waals surface area contributed by atoms with E-state index in [4.69, 9.17) is 9.47 Å². The Labute approximate surface area is 159 Å². The van der Waals surface area contributed by atoms with Gasteiger partial charge in [-0.25, -0.2) is 0 Å². The van der Waals surface area contributed by atoms with E-state index in [9.17, 15) is 0 Å². The van der Waals surface area contributed by atoms with E-state index in [2.05, 4.69) is 38.3 Å². The first kappa shape index (κ1) is 20.0. The molecular weight excluding hydrogens is 392 g/mol. The normalized spacial score (nSPS) is 23.6. The van der Waals surface area contributed by atoms with Gasteiger partial charge in [0.1, 0.15) is 12.4 Å². The van der Waals surface area contributed by atoms with Crippen molar-refractivity contribution in [2.24, 2.45) is 5.41 Å². The van der Waals surface area contributed by atoms with E-state index in [0.29, 0.717) is 18.6 Å². The third-order valence-corrected chi connectivity index (χ3v) is 5.45. The number of hydrogen-bond acceptors (Lipinski definition) is 4. The van der Waals surface area contributed by atoms with E-state index in [-0.39, 0.29) is 12.4 Å². The topological polar surface area (TPSA) is 33.7 Å².